The van der Waals surface area contributed by atoms with E-state index in [2.05, 4.69) is 10.1 Å². The second kappa shape index (κ2) is 4.73. The first-order valence-electron chi connectivity index (χ1n) is 6.57. The number of carbonyl (C=O) groups is 1. The average molecular weight is 283 g/mol. The van der Waals surface area contributed by atoms with Crippen LogP contribution in [-0.2, 0) is 9.47 Å². The van der Waals surface area contributed by atoms with Crippen LogP contribution in [0.25, 0.3) is 0 Å². The summed E-state index contributed by atoms with van der Waals surface area (Å²) in [5.74, 6) is 0.882. The number of carbonyl (C=O) groups excluding carboxylic acids is 1. The van der Waals surface area contributed by atoms with E-state index < -0.39 is 23.5 Å². The first-order chi connectivity index (χ1) is 9.10. The zero-order valence-electron chi connectivity index (χ0n) is 12.8. The van der Waals surface area contributed by atoms with E-state index in [1.54, 1.807) is 20.8 Å². The first-order valence-corrected chi connectivity index (χ1v) is 6.57. The summed E-state index contributed by atoms with van der Waals surface area (Å²) in [6, 6.07) is -0.430. The van der Waals surface area contributed by atoms with Crippen LogP contribution in [0.15, 0.2) is 4.52 Å². The van der Waals surface area contributed by atoms with Crippen LogP contribution in [0.5, 0.6) is 0 Å². The molecule has 1 aromatic heterocycles. The van der Waals surface area contributed by atoms with E-state index in [9.17, 15) is 4.79 Å². The van der Waals surface area contributed by atoms with Gasteiger partial charge in [0.1, 0.15) is 17.4 Å². The molecule has 1 aliphatic rings. The van der Waals surface area contributed by atoms with Crippen LogP contribution in [0.1, 0.15) is 52.4 Å². The lowest BCUT2D eigenvalue weighted by Crippen LogP contribution is -2.47. The summed E-state index contributed by atoms with van der Waals surface area (Å²) in [5, 5.41) is 3.76. The standard InChI is InChI=1S/C13H21N3O4/c1-8-14-10(20-15-8)9-7-18-13(5,6)16(9)11(17)19-12(2,3)4/h9H,7H2,1-6H3/t9-/m0/s1. The molecular formula is C13H21N3O4. The highest BCUT2D eigenvalue weighted by atomic mass is 16.6. The maximum absolute atomic E-state index is 12.4. The van der Waals surface area contributed by atoms with Crippen LogP contribution in [0.2, 0.25) is 0 Å². The summed E-state index contributed by atoms with van der Waals surface area (Å²) in [6.45, 7) is 11.1. The number of hydrogen-bond acceptors (Lipinski definition) is 6. The lowest BCUT2D eigenvalue weighted by molar-refractivity contribution is -0.0635. The Kier molecular flexibility index (Phi) is 3.49. The quantitative estimate of drug-likeness (QED) is 0.787. The van der Waals surface area contributed by atoms with Crippen LogP contribution in [0, 0.1) is 6.92 Å². The molecule has 0 aromatic carbocycles. The molecule has 0 spiro atoms. The molecule has 1 saturated heterocycles. The largest absolute Gasteiger partial charge is 0.444 e. The fraction of sp³-hybridized carbons (Fsp3) is 0.769. The third kappa shape index (κ3) is 2.92. The minimum Gasteiger partial charge on any atom is -0.444 e. The fourth-order valence-corrected chi connectivity index (χ4v) is 2.09. The Balaban J connectivity index is 2.27. The van der Waals surface area contributed by atoms with Gasteiger partial charge >= 0.3 is 6.09 Å². The van der Waals surface area contributed by atoms with Gasteiger partial charge in [0.25, 0.3) is 5.89 Å². The predicted octanol–water partition coefficient (Wildman–Crippen LogP) is 2.42. The van der Waals surface area contributed by atoms with Gasteiger partial charge in [0.05, 0.1) is 6.61 Å². The fourth-order valence-electron chi connectivity index (χ4n) is 2.09. The van der Waals surface area contributed by atoms with Crippen molar-refractivity contribution in [1.82, 2.24) is 15.0 Å². The molecule has 0 saturated carbocycles. The van der Waals surface area contributed by atoms with Crippen molar-refractivity contribution < 1.29 is 18.8 Å². The van der Waals surface area contributed by atoms with Crippen molar-refractivity contribution in [2.75, 3.05) is 6.61 Å². The highest BCUT2D eigenvalue weighted by molar-refractivity contribution is 5.69. The van der Waals surface area contributed by atoms with E-state index >= 15 is 0 Å². The van der Waals surface area contributed by atoms with E-state index in [4.69, 9.17) is 14.0 Å². The molecule has 0 N–H and O–H groups in total. The summed E-state index contributed by atoms with van der Waals surface area (Å²) < 4.78 is 16.3. The number of aromatic nitrogens is 2. The molecule has 1 aromatic rings. The van der Waals surface area contributed by atoms with Gasteiger partial charge in [-0.2, -0.15) is 4.98 Å². The Morgan fingerprint density at radius 3 is 2.60 bits per heavy atom. The predicted molar refractivity (Wildman–Crippen MR) is 69.9 cm³/mol. The Morgan fingerprint density at radius 2 is 2.10 bits per heavy atom. The Morgan fingerprint density at radius 1 is 1.45 bits per heavy atom. The molecule has 1 amide bonds. The van der Waals surface area contributed by atoms with Gasteiger partial charge < -0.3 is 14.0 Å². The molecule has 2 rings (SSSR count). The SMILES string of the molecule is Cc1noc([C@@H]2COC(C)(C)N2C(=O)OC(C)(C)C)n1. The molecule has 112 valence electrons. The van der Waals surface area contributed by atoms with Crippen molar-refractivity contribution in [3.05, 3.63) is 11.7 Å². The van der Waals surface area contributed by atoms with Gasteiger partial charge in [-0.25, -0.2) is 4.79 Å². The van der Waals surface area contributed by atoms with Crippen LogP contribution in [0.3, 0.4) is 0 Å². The normalized spacial score (nSPS) is 22.1. The van der Waals surface area contributed by atoms with Gasteiger partial charge in [-0.15, -0.1) is 0 Å². The molecule has 0 aliphatic carbocycles. The second-order valence-electron chi connectivity index (χ2n) is 6.30. The topological polar surface area (TPSA) is 77.7 Å². The van der Waals surface area contributed by atoms with Crippen molar-refractivity contribution in [2.45, 2.75) is 58.9 Å². The van der Waals surface area contributed by atoms with Crippen molar-refractivity contribution in [1.29, 1.82) is 0 Å². The smallest absolute Gasteiger partial charge is 0.413 e. The maximum Gasteiger partial charge on any atom is 0.413 e. The molecule has 20 heavy (non-hydrogen) atoms. The van der Waals surface area contributed by atoms with E-state index in [0.29, 0.717) is 18.3 Å². The van der Waals surface area contributed by atoms with Crippen molar-refractivity contribution in [3.63, 3.8) is 0 Å². The first kappa shape index (κ1) is 14.8. The molecule has 1 fully saturated rings. The van der Waals surface area contributed by atoms with Crippen LogP contribution in [0.4, 0.5) is 4.79 Å². The monoisotopic (exact) mass is 283 g/mol. The summed E-state index contributed by atoms with van der Waals surface area (Å²) in [6.07, 6.45) is -0.458. The van der Waals surface area contributed by atoms with Gasteiger partial charge in [-0.3, -0.25) is 4.90 Å². The molecule has 0 radical (unpaired) electrons. The Labute approximate surface area is 118 Å². The van der Waals surface area contributed by atoms with Gasteiger partial charge in [0, 0.05) is 0 Å². The summed E-state index contributed by atoms with van der Waals surface area (Å²) >= 11 is 0. The number of hydrogen-bond donors (Lipinski definition) is 0. The van der Waals surface area contributed by atoms with Gasteiger partial charge in [-0.1, -0.05) is 5.16 Å². The summed E-state index contributed by atoms with van der Waals surface area (Å²) in [5.41, 5.74) is -1.36. The van der Waals surface area contributed by atoms with Crippen LogP contribution in [-0.4, -0.2) is 39.1 Å². The van der Waals surface area contributed by atoms with E-state index in [1.807, 2.05) is 20.8 Å². The lowest BCUT2D eigenvalue weighted by Gasteiger charge is -2.33. The highest BCUT2D eigenvalue weighted by Gasteiger charge is 2.48. The number of amides is 1. The minimum absolute atomic E-state index is 0.299. The lowest BCUT2D eigenvalue weighted by atomic mass is 10.2. The molecule has 2 heterocycles. The molecule has 7 nitrogen and oxygen atoms in total. The maximum atomic E-state index is 12.4. The number of aryl methyl sites for hydroxylation is 1. The number of rotatable bonds is 1. The Hall–Kier alpha value is -1.63. The third-order valence-corrected chi connectivity index (χ3v) is 2.90. The molecule has 0 bridgehead atoms. The minimum atomic E-state index is -0.782. The summed E-state index contributed by atoms with van der Waals surface area (Å²) in [7, 11) is 0. The van der Waals surface area contributed by atoms with Crippen LogP contribution < -0.4 is 0 Å². The van der Waals surface area contributed by atoms with Gasteiger partial charge in [0.15, 0.2) is 5.82 Å². The van der Waals surface area contributed by atoms with Gasteiger partial charge in [0.2, 0.25) is 0 Å². The highest BCUT2D eigenvalue weighted by Crippen LogP contribution is 2.37. The van der Waals surface area contributed by atoms with E-state index in [-0.39, 0.29) is 0 Å². The zero-order chi connectivity index (χ0) is 15.1. The van der Waals surface area contributed by atoms with Crippen molar-refractivity contribution in [3.8, 4) is 0 Å². The Bertz CT molecular complexity index is 504. The second-order valence-corrected chi connectivity index (χ2v) is 6.30. The average Bonchev–Trinajstić information content (AvgIpc) is 2.79. The molecule has 1 atom stereocenters. The molecule has 0 unspecified atom stereocenters. The number of nitrogens with zero attached hydrogens (tertiary/aromatic N) is 3. The molecule has 7 heteroatoms. The van der Waals surface area contributed by atoms with Crippen molar-refractivity contribution in [2.24, 2.45) is 0 Å². The van der Waals surface area contributed by atoms with E-state index in [1.165, 1.54) is 4.90 Å². The van der Waals surface area contributed by atoms with Gasteiger partial charge in [-0.05, 0) is 41.5 Å². The molecular weight excluding hydrogens is 262 g/mol. The zero-order valence-corrected chi connectivity index (χ0v) is 12.8. The third-order valence-electron chi connectivity index (χ3n) is 2.90. The summed E-state index contributed by atoms with van der Waals surface area (Å²) in [4.78, 5) is 18.1. The number of ether oxygens (including phenoxy) is 2. The van der Waals surface area contributed by atoms with Crippen LogP contribution >= 0.6 is 0 Å². The van der Waals surface area contributed by atoms with E-state index in [0.717, 1.165) is 0 Å². The molecule has 1 aliphatic heterocycles. The van der Waals surface area contributed by atoms with Crippen molar-refractivity contribution >= 4 is 6.09 Å².